The van der Waals surface area contributed by atoms with Crippen LogP contribution in [0.3, 0.4) is 0 Å². The Bertz CT molecular complexity index is 3490. The third-order valence-corrected chi connectivity index (χ3v) is 11.7. The van der Waals surface area contributed by atoms with Gasteiger partial charge in [-0.25, -0.2) is 0 Å². The Morgan fingerprint density at radius 1 is 0.316 bits per heavy atom. The van der Waals surface area contributed by atoms with Crippen molar-refractivity contribution in [2.75, 3.05) is 9.80 Å². The molecule has 0 radical (unpaired) electrons. The zero-order chi connectivity index (χ0) is 37.6. The monoisotopic (exact) mass is 730 g/mol. The van der Waals surface area contributed by atoms with Crippen LogP contribution < -0.4 is 9.80 Å². The molecule has 4 nitrogen and oxygen atoms in total. The fourth-order valence-corrected chi connectivity index (χ4v) is 9.06. The summed E-state index contributed by atoms with van der Waals surface area (Å²) in [6.07, 6.45) is 0. The van der Waals surface area contributed by atoms with E-state index in [1.807, 2.05) is 18.2 Å². The Labute approximate surface area is 328 Å². The number of para-hydroxylation sites is 5. The lowest BCUT2D eigenvalue weighted by Crippen LogP contribution is -2.12. The minimum Gasteiger partial charge on any atom is -0.454 e. The summed E-state index contributed by atoms with van der Waals surface area (Å²) >= 11 is 0. The Morgan fingerprint density at radius 3 is 1.28 bits per heavy atom. The highest BCUT2D eigenvalue weighted by Crippen LogP contribution is 2.50. The molecule has 0 saturated heterocycles. The molecule has 0 unspecified atom stereocenters. The third kappa shape index (κ3) is 4.74. The van der Waals surface area contributed by atoms with Crippen molar-refractivity contribution < 1.29 is 8.83 Å². The summed E-state index contributed by atoms with van der Waals surface area (Å²) in [4.78, 5) is 4.73. The summed E-state index contributed by atoms with van der Waals surface area (Å²) < 4.78 is 13.3. The maximum Gasteiger partial charge on any atom is 0.159 e. The highest BCUT2D eigenvalue weighted by Gasteiger charge is 2.25. The lowest BCUT2D eigenvalue weighted by molar-refractivity contribution is 0.669. The summed E-state index contributed by atoms with van der Waals surface area (Å²) in [6, 6.07) is 67.2. The van der Waals surface area contributed by atoms with E-state index in [-0.39, 0.29) is 0 Å². The molecule has 2 heterocycles. The van der Waals surface area contributed by atoms with Gasteiger partial charge in [0.1, 0.15) is 11.2 Å². The van der Waals surface area contributed by atoms with Crippen molar-refractivity contribution in [2.24, 2.45) is 0 Å². The van der Waals surface area contributed by atoms with Crippen molar-refractivity contribution in [1.82, 2.24) is 0 Å². The van der Waals surface area contributed by atoms with Crippen LogP contribution in [0.25, 0.3) is 76.2 Å². The number of nitrogens with zero attached hydrogens (tertiary/aromatic N) is 2. The topological polar surface area (TPSA) is 32.8 Å². The van der Waals surface area contributed by atoms with Gasteiger partial charge in [-0.1, -0.05) is 133 Å². The molecule has 0 aliphatic rings. The van der Waals surface area contributed by atoms with E-state index in [1.165, 1.54) is 37.9 Å². The lowest BCUT2D eigenvalue weighted by atomic mass is 9.91. The Hall–Kier alpha value is -7.56. The molecule has 0 aliphatic heterocycles. The van der Waals surface area contributed by atoms with Crippen molar-refractivity contribution in [3.63, 3.8) is 0 Å². The quantitative estimate of drug-likeness (QED) is 0.160. The molecule has 0 aliphatic carbocycles. The van der Waals surface area contributed by atoms with Crippen LogP contribution >= 0.6 is 0 Å². The molecule has 57 heavy (non-hydrogen) atoms. The minimum atomic E-state index is 0.865. The van der Waals surface area contributed by atoms with Crippen LogP contribution in [0.4, 0.5) is 34.1 Å². The predicted octanol–water partition coefficient (Wildman–Crippen LogP) is 15.6. The molecule has 0 saturated carbocycles. The van der Waals surface area contributed by atoms with Crippen LogP contribution in [0.2, 0.25) is 0 Å². The smallest absolute Gasteiger partial charge is 0.159 e. The average molecular weight is 731 g/mol. The number of rotatable bonds is 6. The normalized spacial score (nSPS) is 11.9. The molecule has 0 atom stereocenters. The van der Waals surface area contributed by atoms with Crippen LogP contribution in [-0.2, 0) is 0 Å². The molecule has 12 aromatic rings. The molecule has 12 rings (SSSR count). The van der Waals surface area contributed by atoms with Crippen molar-refractivity contribution in [1.29, 1.82) is 0 Å². The highest BCUT2D eigenvalue weighted by molar-refractivity contribution is 6.28. The second-order valence-electron chi connectivity index (χ2n) is 14.9. The Balaban J connectivity index is 1.13. The van der Waals surface area contributed by atoms with Gasteiger partial charge in [-0.15, -0.1) is 0 Å². The standard InChI is InChI=1S/C53H34N2O2/c1-33-21-27-37(28-22-33)55(47-18-10-16-41-39-14-6-8-20-49(39)57-53(41)47)45-32-26-35-23-29-42-44(31-25-34-24-30-43(45)51(35)50(34)42)54(36-11-3-2-4-12-36)46-17-9-15-40-38-13-5-7-19-48(38)56-52(40)46/h2-32H,1H3. The molecule has 0 bridgehead atoms. The summed E-state index contributed by atoms with van der Waals surface area (Å²) in [7, 11) is 0. The van der Waals surface area contributed by atoms with Crippen molar-refractivity contribution in [2.45, 2.75) is 6.92 Å². The van der Waals surface area contributed by atoms with Crippen LogP contribution in [0.15, 0.2) is 197 Å². The van der Waals surface area contributed by atoms with E-state index >= 15 is 0 Å². The van der Waals surface area contributed by atoms with E-state index in [4.69, 9.17) is 8.83 Å². The second kappa shape index (κ2) is 12.2. The number of fused-ring (bicyclic) bond motifs is 6. The van der Waals surface area contributed by atoms with Gasteiger partial charge in [0.05, 0.1) is 22.7 Å². The van der Waals surface area contributed by atoms with Crippen LogP contribution in [0.5, 0.6) is 0 Å². The van der Waals surface area contributed by atoms with E-state index < -0.39 is 0 Å². The van der Waals surface area contributed by atoms with Crippen LogP contribution in [-0.4, -0.2) is 0 Å². The van der Waals surface area contributed by atoms with Gasteiger partial charge in [0, 0.05) is 43.7 Å². The molecule has 4 heteroatoms. The minimum absolute atomic E-state index is 0.865. The molecule has 2 aromatic heterocycles. The number of aryl methyl sites for hydroxylation is 1. The largest absolute Gasteiger partial charge is 0.454 e. The molecular weight excluding hydrogens is 697 g/mol. The first-order valence-electron chi connectivity index (χ1n) is 19.4. The molecular formula is C53H34N2O2. The maximum absolute atomic E-state index is 6.68. The number of hydrogen-bond acceptors (Lipinski definition) is 4. The number of benzene rings is 10. The Kier molecular flexibility index (Phi) is 6.81. The van der Waals surface area contributed by atoms with E-state index in [2.05, 4.69) is 187 Å². The Morgan fingerprint density at radius 2 is 0.754 bits per heavy atom. The van der Waals surface area contributed by atoms with Gasteiger partial charge in [0.25, 0.3) is 0 Å². The van der Waals surface area contributed by atoms with Gasteiger partial charge >= 0.3 is 0 Å². The number of anilines is 6. The van der Waals surface area contributed by atoms with Gasteiger partial charge in [-0.2, -0.15) is 0 Å². The average Bonchev–Trinajstić information content (AvgIpc) is 3.84. The predicted molar refractivity (Wildman–Crippen MR) is 239 cm³/mol. The van der Waals surface area contributed by atoms with Gasteiger partial charge in [0.15, 0.2) is 11.2 Å². The molecule has 0 fully saturated rings. The fraction of sp³-hybridized carbons (Fsp3) is 0.0189. The molecule has 0 N–H and O–H groups in total. The van der Waals surface area contributed by atoms with Gasteiger partial charge in [-0.05, 0) is 89.1 Å². The van der Waals surface area contributed by atoms with E-state index in [0.29, 0.717) is 0 Å². The van der Waals surface area contributed by atoms with E-state index in [1.54, 1.807) is 0 Å². The van der Waals surface area contributed by atoms with Crippen LogP contribution in [0.1, 0.15) is 5.56 Å². The first kappa shape index (κ1) is 31.8. The maximum atomic E-state index is 6.68. The zero-order valence-electron chi connectivity index (χ0n) is 31.1. The third-order valence-electron chi connectivity index (χ3n) is 11.7. The second-order valence-corrected chi connectivity index (χ2v) is 14.9. The highest BCUT2D eigenvalue weighted by atomic mass is 16.3. The van der Waals surface area contributed by atoms with Crippen molar-refractivity contribution in [3.05, 3.63) is 194 Å². The lowest BCUT2D eigenvalue weighted by Gasteiger charge is -2.29. The van der Waals surface area contributed by atoms with Crippen molar-refractivity contribution in [3.8, 4) is 0 Å². The zero-order valence-corrected chi connectivity index (χ0v) is 31.1. The summed E-state index contributed by atoms with van der Waals surface area (Å²) in [5, 5.41) is 11.6. The van der Waals surface area contributed by atoms with Crippen LogP contribution in [0, 0.1) is 6.92 Å². The first-order chi connectivity index (χ1) is 28.2. The molecule has 268 valence electrons. The molecule has 10 aromatic carbocycles. The van der Waals surface area contributed by atoms with Gasteiger partial charge in [-0.3, -0.25) is 0 Å². The summed E-state index contributed by atoms with van der Waals surface area (Å²) in [5.41, 5.74) is 11.0. The van der Waals surface area contributed by atoms with E-state index in [0.717, 1.165) is 78.0 Å². The summed E-state index contributed by atoms with van der Waals surface area (Å²) in [5.74, 6) is 0. The molecule has 0 spiro atoms. The van der Waals surface area contributed by atoms with Gasteiger partial charge < -0.3 is 18.6 Å². The first-order valence-corrected chi connectivity index (χ1v) is 19.4. The SMILES string of the molecule is Cc1ccc(N(c2ccc3ccc4c(N(c5ccccc5)c5cccc6c5oc5ccccc56)ccc5ccc2c3c54)c2cccc3c2oc2ccccc23)cc1. The van der Waals surface area contributed by atoms with Gasteiger partial charge in [0.2, 0.25) is 0 Å². The van der Waals surface area contributed by atoms with Crippen molar-refractivity contribution >= 4 is 110 Å². The summed E-state index contributed by atoms with van der Waals surface area (Å²) in [6.45, 7) is 2.13. The molecule has 0 amide bonds. The number of hydrogen-bond donors (Lipinski definition) is 0. The fourth-order valence-electron chi connectivity index (χ4n) is 9.06. The van der Waals surface area contributed by atoms with E-state index in [9.17, 15) is 0 Å². The number of furan rings is 2.